The summed E-state index contributed by atoms with van der Waals surface area (Å²) in [6, 6.07) is 0. The summed E-state index contributed by atoms with van der Waals surface area (Å²) in [5, 5.41) is 21.1. The third-order valence-electron chi connectivity index (χ3n) is 0. The average Bonchev–Trinajstić information content (AvgIpc) is 1.25. The number of hydrogen-bond acceptors (Lipinski definition) is 3. The van der Waals surface area contributed by atoms with Gasteiger partial charge in [-0.3, -0.25) is 9.50 Å². The van der Waals surface area contributed by atoms with E-state index in [1.807, 2.05) is 0 Å². The quantitative estimate of drug-likeness (QED) is 0.258. The summed E-state index contributed by atoms with van der Waals surface area (Å²) < 4.78 is 0. The molecule has 0 amide bonds. The molecule has 14 heavy (non-hydrogen) atoms. The Morgan fingerprint density at radius 3 is 1.36 bits per heavy atom. The molecule has 9 nitrogen and oxygen atoms in total. The maximum absolute atomic E-state index is 9.00. The minimum atomic E-state index is -1.50. The van der Waals surface area contributed by atoms with Crippen LogP contribution in [0.15, 0.2) is 0 Å². The fourth-order valence-electron chi connectivity index (χ4n) is 0. The zero-order valence-electron chi connectivity index (χ0n) is 7.20. The van der Waals surface area contributed by atoms with Gasteiger partial charge < -0.3 is 26.7 Å². The Kier molecular flexibility index (Phi) is 218. The molecule has 0 rings (SSSR count). The Labute approximate surface area is 131 Å². The van der Waals surface area contributed by atoms with Crippen LogP contribution in [0.25, 0.3) is 0 Å². The van der Waals surface area contributed by atoms with Crippen molar-refractivity contribution in [3.8, 4) is 0 Å². The standard InChI is InChI=1S/C2H4O2.Cr.FH.K.HNO3.H2O.2O/c1-2(3)4;;;;2-1(3)4;;;/h1H3,(H,3,4);;1H;;(H,2,3,4);1H2;;/q;+3;;+1;;;2*-2. The molecule has 83 valence electrons. The van der Waals surface area contributed by atoms with Gasteiger partial charge in [0.05, 0.1) is 0 Å². The minimum Gasteiger partial charge on any atom is -2.00 e. The molecule has 0 fully saturated rings. The second-order valence-corrected chi connectivity index (χ2v) is 0.757. The Balaban J connectivity index is -0.00000000600. The van der Waals surface area contributed by atoms with E-state index in [4.69, 9.17) is 25.2 Å². The monoisotopic (exact) mass is 284 g/mol. The van der Waals surface area contributed by atoms with Gasteiger partial charge in [0, 0.05) is 6.92 Å². The first kappa shape index (κ1) is 61.7. The number of carboxylic acids is 1. The number of rotatable bonds is 0. The summed E-state index contributed by atoms with van der Waals surface area (Å²) in [6.07, 6.45) is 0. The van der Waals surface area contributed by atoms with Crippen molar-refractivity contribution in [3.05, 3.63) is 10.1 Å². The average molecular weight is 284 g/mol. The number of halogens is 1. The van der Waals surface area contributed by atoms with Gasteiger partial charge in [-0.2, -0.15) is 0 Å². The third kappa shape index (κ3) is 4080. The van der Waals surface area contributed by atoms with Crippen LogP contribution in [0.3, 0.4) is 0 Å². The minimum absolute atomic E-state index is 0. The van der Waals surface area contributed by atoms with Crippen LogP contribution in [-0.2, 0) is 33.1 Å². The van der Waals surface area contributed by atoms with Gasteiger partial charge in [0.1, 0.15) is 0 Å². The zero-order chi connectivity index (χ0) is 7.15. The number of hydrogen-bond donors (Lipinski definition) is 2. The van der Waals surface area contributed by atoms with E-state index in [0.29, 0.717) is 0 Å². The molecule has 12 heteroatoms. The van der Waals surface area contributed by atoms with Crippen molar-refractivity contribution in [1.29, 1.82) is 0 Å². The Hall–Kier alpha value is 0.649. The van der Waals surface area contributed by atoms with Gasteiger partial charge in [-0.15, -0.1) is 10.1 Å². The molecule has 0 aliphatic heterocycles. The van der Waals surface area contributed by atoms with E-state index in [9.17, 15) is 0 Å². The van der Waals surface area contributed by atoms with E-state index >= 15 is 0 Å². The molecular weight excluding hydrogens is 276 g/mol. The van der Waals surface area contributed by atoms with Crippen molar-refractivity contribution in [2.24, 2.45) is 0 Å². The van der Waals surface area contributed by atoms with Gasteiger partial charge in [0.25, 0.3) is 11.1 Å². The fourth-order valence-corrected chi connectivity index (χ4v) is 0. The molecule has 0 saturated carbocycles. The molecule has 0 aliphatic rings. The molecule has 1 radical (unpaired) electrons. The van der Waals surface area contributed by atoms with E-state index in [2.05, 4.69) is 0 Å². The van der Waals surface area contributed by atoms with E-state index in [1.165, 1.54) is 0 Å². The van der Waals surface area contributed by atoms with Gasteiger partial charge in [-0.25, -0.2) is 0 Å². The van der Waals surface area contributed by atoms with Gasteiger partial charge in [-0.1, -0.05) is 0 Å². The Morgan fingerprint density at radius 1 is 1.36 bits per heavy atom. The summed E-state index contributed by atoms with van der Waals surface area (Å²) in [7, 11) is 0. The summed E-state index contributed by atoms with van der Waals surface area (Å²) in [5.74, 6) is -0.833. The maximum atomic E-state index is 9.00. The van der Waals surface area contributed by atoms with Crippen LogP contribution in [0.1, 0.15) is 6.92 Å². The van der Waals surface area contributed by atoms with E-state index in [-0.39, 0.29) is 89.9 Å². The second-order valence-electron chi connectivity index (χ2n) is 0.757. The van der Waals surface area contributed by atoms with Crippen molar-refractivity contribution in [2.45, 2.75) is 6.92 Å². The summed E-state index contributed by atoms with van der Waals surface area (Å²) in [5.41, 5.74) is 0. The summed E-state index contributed by atoms with van der Waals surface area (Å²) in [6.45, 7) is 1.08. The Morgan fingerprint density at radius 2 is 1.36 bits per heavy atom. The van der Waals surface area contributed by atoms with Crippen LogP contribution in [0.4, 0.5) is 4.70 Å². The van der Waals surface area contributed by atoms with Gasteiger partial charge in [-0.05, 0) is 0 Å². The molecule has 0 aromatic heterocycles. The first-order chi connectivity index (χ1) is 3.46. The largest absolute Gasteiger partial charge is 3.00 e. The molecule has 0 unspecified atom stereocenters. The number of carboxylic acid groups (broad SMARTS) is 1. The van der Waals surface area contributed by atoms with Crippen molar-refractivity contribution in [1.82, 2.24) is 0 Å². The van der Waals surface area contributed by atoms with Gasteiger partial charge in [0.15, 0.2) is 0 Å². The van der Waals surface area contributed by atoms with Crippen molar-refractivity contribution in [2.75, 3.05) is 0 Å². The predicted octanol–water partition coefficient (Wildman–Crippen LogP) is -4.17. The summed E-state index contributed by atoms with van der Waals surface area (Å²) in [4.78, 5) is 17.4. The Bertz CT molecular complexity index is 85.3. The summed E-state index contributed by atoms with van der Waals surface area (Å²) >= 11 is 0. The number of aliphatic carboxylic acids is 1. The topological polar surface area (TPSA) is 189 Å². The van der Waals surface area contributed by atoms with Gasteiger partial charge >= 0.3 is 68.7 Å². The van der Waals surface area contributed by atoms with E-state index in [0.717, 1.165) is 6.92 Å². The molecule has 0 aromatic rings. The van der Waals surface area contributed by atoms with Crippen LogP contribution in [-0.4, -0.2) is 26.8 Å². The van der Waals surface area contributed by atoms with E-state index in [1.54, 1.807) is 0 Å². The molecule has 0 bridgehead atoms. The van der Waals surface area contributed by atoms with Gasteiger partial charge in [0.2, 0.25) is 0 Å². The zero-order valence-corrected chi connectivity index (χ0v) is 11.6. The molecule has 0 spiro atoms. The van der Waals surface area contributed by atoms with Crippen molar-refractivity contribution < 1.29 is 110 Å². The van der Waals surface area contributed by atoms with Crippen LogP contribution < -0.4 is 51.4 Å². The second kappa shape index (κ2) is 49.4. The first-order valence-corrected chi connectivity index (χ1v) is 1.49. The normalized spacial score (nSPS) is 3.50. The number of nitrogens with zero attached hydrogens (tertiary/aromatic N) is 1. The third-order valence-corrected chi connectivity index (χ3v) is 0. The molecule has 0 saturated heterocycles. The van der Waals surface area contributed by atoms with Crippen LogP contribution >= 0.6 is 0 Å². The molecule has 0 atom stereocenters. The molecule has 0 heterocycles. The molecule has 4 N–H and O–H groups in total. The predicted molar refractivity (Wildman–Crippen MR) is 29.6 cm³/mol. The van der Waals surface area contributed by atoms with E-state index < -0.39 is 11.1 Å². The fraction of sp³-hybridized carbons (Fsp3) is 0.500. The smallest absolute Gasteiger partial charge is 2.00 e. The van der Waals surface area contributed by atoms with Crippen molar-refractivity contribution in [3.63, 3.8) is 0 Å². The van der Waals surface area contributed by atoms with Crippen LogP contribution in [0.2, 0.25) is 0 Å². The molecule has 0 aromatic carbocycles. The molecular formula is C2H8CrFKNO8. The van der Waals surface area contributed by atoms with Crippen LogP contribution in [0, 0.1) is 10.1 Å². The van der Waals surface area contributed by atoms with Crippen LogP contribution in [0.5, 0.6) is 0 Å². The maximum Gasteiger partial charge on any atom is 3.00 e. The number of carbonyl (C=O) groups is 1. The SMILES string of the molecule is CC(=O)O.F.O.O=[N+]([O-])O.[Cr+3].[K+].[O-2].[O-2]. The van der Waals surface area contributed by atoms with Crippen molar-refractivity contribution >= 4 is 5.97 Å². The first-order valence-electron chi connectivity index (χ1n) is 1.49. The molecule has 0 aliphatic carbocycles.